The van der Waals surface area contributed by atoms with Crippen molar-refractivity contribution in [1.29, 1.82) is 5.41 Å². The number of carbonyl (C=O) groups excluding carboxylic acids is 1. The van der Waals surface area contributed by atoms with Gasteiger partial charge < -0.3 is 10.4 Å². The van der Waals surface area contributed by atoms with Gasteiger partial charge in [-0.2, -0.15) is 0 Å². The highest BCUT2D eigenvalue weighted by Gasteiger charge is 2.38. The van der Waals surface area contributed by atoms with Crippen LogP contribution < -0.4 is 5.32 Å². The highest BCUT2D eigenvalue weighted by molar-refractivity contribution is 7.10. The molecule has 1 atom stereocenters. The number of thiophene rings is 1. The number of aromatic hydroxyl groups is 1. The summed E-state index contributed by atoms with van der Waals surface area (Å²) in [5.41, 5.74) is 0.776. The smallest absolute Gasteiger partial charge is 0.231 e. The molecule has 8 heteroatoms. The molecule has 0 saturated carbocycles. The Labute approximate surface area is 131 Å². The summed E-state index contributed by atoms with van der Waals surface area (Å²) in [6.07, 6.45) is 3.12. The first-order chi connectivity index (χ1) is 10.4. The summed E-state index contributed by atoms with van der Waals surface area (Å²) in [7, 11) is 1.58. The third-order valence-corrected chi connectivity index (χ3v) is 4.86. The van der Waals surface area contributed by atoms with Crippen LogP contribution in [-0.2, 0) is 10.3 Å². The lowest BCUT2D eigenvalue weighted by Gasteiger charge is -2.38. The van der Waals surface area contributed by atoms with E-state index in [-0.39, 0.29) is 24.2 Å². The Hall–Kier alpha value is -2.48. The number of nitrogens with zero attached hydrogens (tertiary/aromatic N) is 3. The average molecular weight is 317 g/mol. The Kier molecular flexibility index (Phi) is 3.32. The summed E-state index contributed by atoms with van der Waals surface area (Å²) in [6, 6.07) is 1.91. The molecule has 3 heterocycles. The molecular formula is C14H15N5O2S. The van der Waals surface area contributed by atoms with Crippen LogP contribution in [0.3, 0.4) is 0 Å². The van der Waals surface area contributed by atoms with Crippen LogP contribution in [0, 0.1) is 5.41 Å². The van der Waals surface area contributed by atoms with E-state index in [9.17, 15) is 9.90 Å². The van der Waals surface area contributed by atoms with Crippen molar-refractivity contribution in [3.63, 3.8) is 0 Å². The van der Waals surface area contributed by atoms with Crippen molar-refractivity contribution in [2.45, 2.75) is 18.9 Å². The summed E-state index contributed by atoms with van der Waals surface area (Å²) in [5.74, 6) is -0.143. The predicted molar refractivity (Wildman–Crippen MR) is 82.6 cm³/mol. The quantitative estimate of drug-likeness (QED) is 0.779. The van der Waals surface area contributed by atoms with E-state index in [1.165, 1.54) is 22.4 Å². The molecule has 2 aromatic rings. The van der Waals surface area contributed by atoms with Crippen LogP contribution in [0.25, 0.3) is 11.3 Å². The van der Waals surface area contributed by atoms with Crippen LogP contribution in [0.2, 0.25) is 0 Å². The topological polar surface area (TPSA) is 102 Å². The molecule has 1 saturated heterocycles. The fourth-order valence-corrected chi connectivity index (χ4v) is 3.36. The lowest BCUT2D eigenvalue weighted by molar-refractivity contribution is -0.129. The SMILES string of the molecule is CN1C(=N)N[C@](C)(c2cc(-c3cncc(O)n3)cs2)CC1=O. The minimum Gasteiger partial charge on any atom is -0.492 e. The fraction of sp³-hybridized carbons (Fsp3) is 0.286. The fourth-order valence-electron chi connectivity index (χ4n) is 2.34. The van der Waals surface area contributed by atoms with E-state index in [0.717, 1.165) is 10.4 Å². The van der Waals surface area contributed by atoms with Crippen LogP contribution in [0.5, 0.6) is 5.88 Å². The molecule has 0 unspecified atom stereocenters. The number of hydrogen-bond acceptors (Lipinski definition) is 6. The molecule has 1 fully saturated rings. The van der Waals surface area contributed by atoms with Crippen LogP contribution >= 0.6 is 11.3 Å². The average Bonchev–Trinajstić information content (AvgIpc) is 2.95. The van der Waals surface area contributed by atoms with E-state index in [4.69, 9.17) is 5.41 Å². The van der Waals surface area contributed by atoms with Gasteiger partial charge in [-0.05, 0) is 13.0 Å². The van der Waals surface area contributed by atoms with Gasteiger partial charge in [-0.15, -0.1) is 11.3 Å². The maximum Gasteiger partial charge on any atom is 0.231 e. The lowest BCUT2D eigenvalue weighted by Crippen LogP contribution is -2.57. The predicted octanol–water partition coefficient (Wildman–Crippen LogP) is 1.51. The van der Waals surface area contributed by atoms with E-state index < -0.39 is 5.54 Å². The largest absolute Gasteiger partial charge is 0.492 e. The number of amides is 1. The molecule has 7 nitrogen and oxygen atoms in total. The normalized spacial score (nSPS) is 21.8. The highest BCUT2D eigenvalue weighted by Crippen LogP contribution is 2.35. The van der Waals surface area contributed by atoms with Gasteiger partial charge in [-0.25, -0.2) is 4.98 Å². The van der Waals surface area contributed by atoms with Crippen molar-refractivity contribution >= 4 is 23.2 Å². The first-order valence-electron chi connectivity index (χ1n) is 6.63. The molecule has 2 aromatic heterocycles. The Morgan fingerprint density at radius 2 is 2.27 bits per heavy atom. The lowest BCUT2D eigenvalue weighted by atomic mass is 9.92. The van der Waals surface area contributed by atoms with Gasteiger partial charge in [-0.1, -0.05) is 0 Å². The summed E-state index contributed by atoms with van der Waals surface area (Å²) in [5, 5.41) is 22.3. The minimum atomic E-state index is -0.617. The number of hydrogen-bond donors (Lipinski definition) is 3. The first kappa shape index (κ1) is 14.5. The van der Waals surface area contributed by atoms with Gasteiger partial charge in [0.15, 0.2) is 5.96 Å². The highest BCUT2D eigenvalue weighted by atomic mass is 32.1. The molecular weight excluding hydrogens is 302 g/mol. The molecule has 0 radical (unpaired) electrons. The number of nitrogens with one attached hydrogen (secondary N) is 2. The molecule has 3 rings (SSSR count). The second-order valence-corrected chi connectivity index (χ2v) is 6.31. The van der Waals surface area contributed by atoms with Crippen LogP contribution in [0.4, 0.5) is 0 Å². The van der Waals surface area contributed by atoms with Crippen molar-refractivity contribution in [2.24, 2.45) is 0 Å². The molecule has 1 amide bonds. The maximum atomic E-state index is 12.0. The van der Waals surface area contributed by atoms with E-state index in [1.807, 2.05) is 18.4 Å². The van der Waals surface area contributed by atoms with Crippen molar-refractivity contribution in [3.05, 3.63) is 28.7 Å². The molecule has 3 N–H and O–H groups in total. The summed E-state index contributed by atoms with van der Waals surface area (Å²) >= 11 is 1.48. The summed E-state index contributed by atoms with van der Waals surface area (Å²) < 4.78 is 0. The van der Waals surface area contributed by atoms with Crippen molar-refractivity contribution in [3.8, 4) is 17.1 Å². The summed E-state index contributed by atoms with van der Waals surface area (Å²) in [4.78, 5) is 22.2. The van der Waals surface area contributed by atoms with E-state index in [2.05, 4.69) is 15.3 Å². The van der Waals surface area contributed by atoms with Crippen LogP contribution in [-0.4, -0.2) is 38.9 Å². The first-order valence-corrected chi connectivity index (χ1v) is 7.51. The number of guanidine groups is 1. The minimum absolute atomic E-state index is 0.0887. The van der Waals surface area contributed by atoms with Gasteiger partial charge >= 0.3 is 0 Å². The van der Waals surface area contributed by atoms with Crippen molar-refractivity contribution in [1.82, 2.24) is 20.2 Å². The molecule has 0 aliphatic carbocycles. The zero-order valence-electron chi connectivity index (χ0n) is 12.1. The third-order valence-electron chi connectivity index (χ3n) is 3.67. The zero-order valence-corrected chi connectivity index (χ0v) is 12.9. The molecule has 0 bridgehead atoms. The standard InChI is InChI=1S/C14H15N5O2S/c1-14(4-12(21)19(2)13(15)18-14)10-3-8(7-22-10)9-5-16-6-11(20)17-9/h3,5-7H,4H2,1-2H3,(H2,15,18)(H,17,20)/t14-/m0/s1. The molecule has 1 aliphatic heterocycles. The van der Waals surface area contributed by atoms with E-state index in [1.54, 1.807) is 13.2 Å². The Bertz CT molecular complexity index is 739. The number of rotatable bonds is 2. The van der Waals surface area contributed by atoms with Gasteiger partial charge in [0.05, 0.1) is 30.0 Å². The third kappa shape index (κ3) is 2.41. The van der Waals surface area contributed by atoms with Gasteiger partial charge in [0.2, 0.25) is 11.8 Å². The zero-order chi connectivity index (χ0) is 15.9. The molecule has 0 spiro atoms. The van der Waals surface area contributed by atoms with Gasteiger partial charge in [0.25, 0.3) is 0 Å². The Morgan fingerprint density at radius 1 is 1.50 bits per heavy atom. The van der Waals surface area contributed by atoms with Crippen LogP contribution in [0.1, 0.15) is 18.2 Å². The van der Waals surface area contributed by atoms with E-state index >= 15 is 0 Å². The Morgan fingerprint density at radius 3 is 2.95 bits per heavy atom. The van der Waals surface area contributed by atoms with Gasteiger partial charge in [-0.3, -0.25) is 20.1 Å². The monoisotopic (exact) mass is 317 g/mol. The van der Waals surface area contributed by atoms with Crippen molar-refractivity contribution in [2.75, 3.05) is 7.05 Å². The second kappa shape index (κ2) is 5.06. The molecule has 0 aromatic carbocycles. The van der Waals surface area contributed by atoms with Gasteiger partial charge in [0.1, 0.15) is 0 Å². The summed E-state index contributed by atoms with van der Waals surface area (Å²) in [6.45, 7) is 1.90. The van der Waals surface area contributed by atoms with Crippen molar-refractivity contribution < 1.29 is 9.90 Å². The Balaban J connectivity index is 1.93. The number of aromatic nitrogens is 2. The maximum absolute atomic E-state index is 12.0. The van der Waals surface area contributed by atoms with E-state index in [0.29, 0.717) is 5.69 Å². The molecule has 114 valence electrons. The second-order valence-electron chi connectivity index (χ2n) is 5.40. The van der Waals surface area contributed by atoms with Gasteiger partial charge in [0, 0.05) is 22.9 Å². The number of carbonyl (C=O) groups is 1. The van der Waals surface area contributed by atoms with Crippen LogP contribution in [0.15, 0.2) is 23.8 Å². The molecule has 22 heavy (non-hydrogen) atoms. The molecule has 1 aliphatic rings.